The van der Waals surface area contributed by atoms with Crippen LogP contribution in [0.3, 0.4) is 0 Å². The Balaban J connectivity index is 1.92. The van der Waals surface area contributed by atoms with Crippen LogP contribution in [0.2, 0.25) is 0 Å². The number of aromatic nitrogens is 2. The summed E-state index contributed by atoms with van der Waals surface area (Å²) in [6.07, 6.45) is 3.14. The molecule has 5 nitrogen and oxygen atoms in total. The van der Waals surface area contributed by atoms with Crippen molar-refractivity contribution in [1.82, 2.24) is 9.97 Å². The van der Waals surface area contributed by atoms with Gasteiger partial charge in [0.2, 0.25) is 5.88 Å². The molecule has 0 radical (unpaired) electrons. The fraction of sp³-hybridized carbons (Fsp3) is 0.267. The van der Waals surface area contributed by atoms with Gasteiger partial charge in [-0.2, -0.15) is 0 Å². The van der Waals surface area contributed by atoms with Crippen LogP contribution in [0.4, 0.5) is 0 Å². The summed E-state index contributed by atoms with van der Waals surface area (Å²) in [6.45, 7) is 3.97. The molecule has 0 atom stereocenters. The molecule has 0 fully saturated rings. The molecular formula is C15H16N2O3. The molecule has 0 N–H and O–H groups in total. The van der Waals surface area contributed by atoms with E-state index in [9.17, 15) is 4.79 Å². The van der Waals surface area contributed by atoms with Gasteiger partial charge in [0.1, 0.15) is 6.61 Å². The lowest BCUT2D eigenvalue weighted by Crippen LogP contribution is -2.09. The summed E-state index contributed by atoms with van der Waals surface area (Å²) >= 11 is 0. The monoisotopic (exact) mass is 272 g/mol. The Hall–Kier alpha value is -2.43. The molecule has 2 aromatic heterocycles. The third-order valence-corrected chi connectivity index (χ3v) is 2.41. The van der Waals surface area contributed by atoms with Crippen LogP contribution in [0.5, 0.6) is 5.88 Å². The van der Waals surface area contributed by atoms with Crippen molar-refractivity contribution in [3.05, 3.63) is 54.0 Å². The lowest BCUT2D eigenvalue weighted by molar-refractivity contribution is 0.0467. The maximum atomic E-state index is 11.8. The van der Waals surface area contributed by atoms with Gasteiger partial charge in [-0.3, -0.25) is 4.98 Å². The molecule has 0 amide bonds. The first kappa shape index (κ1) is 14.0. The molecule has 0 bridgehead atoms. The van der Waals surface area contributed by atoms with E-state index >= 15 is 0 Å². The van der Waals surface area contributed by atoms with Crippen LogP contribution in [-0.4, -0.2) is 22.0 Å². The molecule has 104 valence electrons. The number of nitrogens with zero attached hydrogens (tertiary/aromatic N) is 2. The van der Waals surface area contributed by atoms with E-state index in [1.54, 1.807) is 24.4 Å². The molecule has 20 heavy (non-hydrogen) atoms. The van der Waals surface area contributed by atoms with Gasteiger partial charge < -0.3 is 9.47 Å². The minimum absolute atomic E-state index is 0.0458. The zero-order chi connectivity index (χ0) is 14.4. The maximum absolute atomic E-state index is 11.8. The first-order chi connectivity index (χ1) is 9.65. The van der Waals surface area contributed by atoms with Gasteiger partial charge >= 0.3 is 5.97 Å². The van der Waals surface area contributed by atoms with Crippen molar-refractivity contribution in [1.29, 1.82) is 0 Å². The Labute approximate surface area is 117 Å². The number of hydrogen-bond donors (Lipinski definition) is 0. The quantitative estimate of drug-likeness (QED) is 0.783. The van der Waals surface area contributed by atoms with Crippen LogP contribution in [0.25, 0.3) is 0 Å². The number of esters is 1. The van der Waals surface area contributed by atoms with E-state index in [-0.39, 0.29) is 12.7 Å². The first-order valence-corrected chi connectivity index (χ1v) is 6.35. The number of ether oxygens (including phenoxy) is 2. The third kappa shape index (κ3) is 4.05. The van der Waals surface area contributed by atoms with Crippen molar-refractivity contribution in [2.24, 2.45) is 0 Å². The predicted octanol–water partition coefficient (Wildman–Crippen LogP) is 2.62. The van der Waals surface area contributed by atoms with Crippen molar-refractivity contribution >= 4 is 5.97 Å². The Kier molecular flexibility index (Phi) is 4.65. The molecule has 0 unspecified atom stereocenters. The lowest BCUT2D eigenvalue weighted by Gasteiger charge is -2.08. The molecule has 0 spiro atoms. The standard InChI is InChI=1S/C15H16N2O3/c1-11(2)20-14-7-6-12(9-17-14)15(18)19-10-13-5-3-4-8-16-13/h3-9,11H,10H2,1-2H3. The summed E-state index contributed by atoms with van der Waals surface area (Å²) in [5.41, 5.74) is 1.09. The summed E-state index contributed by atoms with van der Waals surface area (Å²) in [4.78, 5) is 20.0. The molecule has 0 aliphatic rings. The first-order valence-electron chi connectivity index (χ1n) is 6.35. The SMILES string of the molecule is CC(C)Oc1ccc(C(=O)OCc2ccccn2)cn1. The Morgan fingerprint density at radius 2 is 2.05 bits per heavy atom. The average Bonchev–Trinajstić information content (AvgIpc) is 2.46. The highest BCUT2D eigenvalue weighted by Crippen LogP contribution is 2.11. The van der Waals surface area contributed by atoms with Crippen molar-refractivity contribution in [2.45, 2.75) is 26.6 Å². The van der Waals surface area contributed by atoms with Crippen LogP contribution >= 0.6 is 0 Å². The van der Waals surface area contributed by atoms with Gasteiger partial charge in [0.15, 0.2) is 0 Å². The number of carbonyl (C=O) groups is 1. The van der Waals surface area contributed by atoms with Crippen LogP contribution < -0.4 is 4.74 Å². The minimum atomic E-state index is -0.431. The largest absolute Gasteiger partial charge is 0.475 e. The molecule has 2 aromatic rings. The van der Waals surface area contributed by atoms with Gasteiger partial charge in [-0.1, -0.05) is 6.07 Å². The van der Waals surface area contributed by atoms with E-state index in [1.165, 1.54) is 6.20 Å². The van der Waals surface area contributed by atoms with E-state index in [0.29, 0.717) is 17.1 Å². The number of hydrogen-bond acceptors (Lipinski definition) is 5. The van der Waals surface area contributed by atoms with Gasteiger partial charge in [-0.25, -0.2) is 9.78 Å². The zero-order valence-electron chi connectivity index (χ0n) is 11.4. The fourth-order valence-corrected chi connectivity index (χ4v) is 1.52. The van der Waals surface area contributed by atoms with Gasteiger partial charge in [-0.05, 0) is 32.0 Å². The van der Waals surface area contributed by atoms with Gasteiger partial charge in [0, 0.05) is 18.5 Å². The van der Waals surface area contributed by atoms with E-state index in [4.69, 9.17) is 9.47 Å². The van der Waals surface area contributed by atoms with Crippen molar-refractivity contribution < 1.29 is 14.3 Å². The molecular weight excluding hydrogens is 256 g/mol. The molecule has 0 saturated heterocycles. The van der Waals surface area contributed by atoms with Crippen LogP contribution in [0.1, 0.15) is 29.9 Å². The van der Waals surface area contributed by atoms with E-state index in [0.717, 1.165) is 0 Å². The topological polar surface area (TPSA) is 61.3 Å². The molecule has 5 heteroatoms. The van der Waals surface area contributed by atoms with E-state index in [2.05, 4.69) is 9.97 Å². The van der Waals surface area contributed by atoms with Crippen LogP contribution in [0, 0.1) is 0 Å². The van der Waals surface area contributed by atoms with Crippen molar-refractivity contribution in [3.8, 4) is 5.88 Å². The molecule has 2 heterocycles. The Morgan fingerprint density at radius 1 is 1.20 bits per heavy atom. The highest BCUT2D eigenvalue weighted by atomic mass is 16.5. The predicted molar refractivity (Wildman–Crippen MR) is 73.4 cm³/mol. The summed E-state index contributed by atoms with van der Waals surface area (Å²) in [6, 6.07) is 8.73. The van der Waals surface area contributed by atoms with Gasteiger partial charge in [0.25, 0.3) is 0 Å². The van der Waals surface area contributed by atoms with Gasteiger partial charge in [0.05, 0.1) is 17.4 Å². The van der Waals surface area contributed by atoms with Crippen LogP contribution in [0.15, 0.2) is 42.7 Å². The molecule has 0 aliphatic heterocycles. The third-order valence-electron chi connectivity index (χ3n) is 2.41. The Morgan fingerprint density at radius 3 is 2.65 bits per heavy atom. The zero-order valence-corrected chi connectivity index (χ0v) is 11.4. The highest BCUT2D eigenvalue weighted by Gasteiger charge is 2.09. The van der Waals surface area contributed by atoms with Crippen molar-refractivity contribution in [3.63, 3.8) is 0 Å². The molecule has 0 aliphatic carbocycles. The minimum Gasteiger partial charge on any atom is -0.475 e. The average molecular weight is 272 g/mol. The maximum Gasteiger partial charge on any atom is 0.340 e. The molecule has 0 aromatic carbocycles. The summed E-state index contributed by atoms with van der Waals surface area (Å²) in [5, 5.41) is 0. The number of carbonyl (C=O) groups excluding carboxylic acids is 1. The molecule has 2 rings (SSSR count). The fourth-order valence-electron chi connectivity index (χ4n) is 1.52. The second-order valence-corrected chi connectivity index (χ2v) is 4.45. The summed E-state index contributed by atoms with van der Waals surface area (Å²) in [7, 11) is 0. The highest BCUT2D eigenvalue weighted by molar-refractivity contribution is 5.89. The Bertz CT molecular complexity index is 553. The summed E-state index contributed by atoms with van der Waals surface area (Å²) < 4.78 is 10.6. The summed E-state index contributed by atoms with van der Waals surface area (Å²) in [5.74, 6) is 0.0560. The normalized spacial score (nSPS) is 10.3. The molecule has 0 saturated carbocycles. The smallest absolute Gasteiger partial charge is 0.340 e. The van der Waals surface area contributed by atoms with E-state index < -0.39 is 5.97 Å². The number of rotatable bonds is 5. The van der Waals surface area contributed by atoms with E-state index in [1.807, 2.05) is 26.0 Å². The van der Waals surface area contributed by atoms with Crippen molar-refractivity contribution in [2.75, 3.05) is 0 Å². The lowest BCUT2D eigenvalue weighted by atomic mass is 10.3. The second kappa shape index (κ2) is 6.65. The number of pyridine rings is 2. The second-order valence-electron chi connectivity index (χ2n) is 4.45. The van der Waals surface area contributed by atoms with Crippen LogP contribution in [-0.2, 0) is 11.3 Å². The van der Waals surface area contributed by atoms with Gasteiger partial charge in [-0.15, -0.1) is 0 Å².